The van der Waals surface area contributed by atoms with Crippen LogP contribution in [-0.4, -0.2) is 19.9 Å². The molecule has 0 atom stereocenters. The van der Waals surface area contributed by atoms with Crippen molar-refractivity contribution in [3.05, 3.63) is 17.8 Å². The molecule has 0 aliphatic carbocycles. The predicted octanol–water partition coefficient (Wildman–Crippen LogP) is 0.192. The average molecular weight is 133 g/mol. The third-order valence-corrected chi connectivity index (χ3v) is 1.36. The molecule has 0 saturated heterocycles. The Morgan fingerprint density at radius 1 is 1.60 bits per heavy atom. The first-order valence-corrected chi connectivity index (χ1v) is 3.00. The lowest BCUT2D eigenvalue weighted by Crippen LogP contribution is -2.12. The first-order chi connectivity index (χ1) is 4.75. The second-order valence-electron chi connectivity index (χ2n) is 2.05. The molecule has 0 bridgehead atoms. The second kappa shape index (κ2) is 2.73. The van der Waals surface area contributed by atoms with Crippen LogP contribution in [0, 0.1) is 6.92 Å². The molecule has 1 rings (SSSR count). The van der Waals surface area contributed by atoms with Gasteiger partial charge in [-0.25, -0.2) is 4.98 Å². The fourth-order valence-electron chi connectivity index (χ4n) is 0.707. The molecule has 2 nitrogen and oxygen atoms in total. The Bertz CT molecular complexity index is 237. The van der Waals surface area contributed by atoms with Crippen LogP contribution in [0.3, 0.4) is 0 Å². The summed E-state index contributed by atoms with van der Waals surface area (Å²) in [5, 5.41) is 0. The summed E-state index contributed by atoms with van der Waals surface area (Å²) in [4.78, 5) is 3.91. The number of ether oxygens (including phenoxy) is 1. The van der Waals surface area contributed by atoms with Crippen molar-refractivity contribution in [2.45, 2.75) is 6.92 Å². The lowest BCUT2D eigenvalue weighted by Gasteiger charge is -2.04. The Hall–Kier alpha value is -0.985. The molecule has 0 aromatic carbocycles. The molecular weight excluding hydrogens is 125 g/mol. The molecule has 1 heterocycles. The van der Waals surface area contributed by atoms with E-state index in [0.29, 0.717) is 11.3 Å². The summed E-state index contributed by atoms with van der Waals surface area (Å²) < 4.78 is 4.89. The van der Waals surface area contributed by atoms with E-state index in [1.807, 2.05) is 13.0 Å². The Morgan fingerprint density at radius 2 is 2.30 bits per heavy atom. The van der Waals surface area contributed by atoms with Crippen molar-refractivity contribution in [2.24, 2.45) is 0 Å². The quantitative estimate of drug-likeness (QED) is 0.510. The number of rotatable bonds is 1. The third kappa shape index (κ3) is 1.13. The summed E-state index contributed by atoms with van der Waals surface area (Å²) in [6.07, 6.45) is 1.67. The summed E-state index contributed by atoms with van der Waals surface area (Å²) in [6, 6.07) is 1.85. The molecule has 50 valence electrons. The van der Waals surface area contributed by atoms with Gasteiger partial charge in [0.2, 0.25) is 5.88 Å². The van der Waals surface area contributed by atoms with Crippen LogP contribution >= 0.6 is 0 Å². The first kappa shape index (κ1) is 7.13. The van der Waals surface area contributed by atoms with Crippen LogP contribution in [0.25, 0.3) is 0 Å². The maximum absolute atomic E-state index is 5.61. The summed E-state index contributed by atoms with van der Waals surface area (Å²) in [5.41, 5.74) is 1.61. The van der Waals surface area contributed by atoms with E-state index in [1.54, 1.807) is 13.3 Å². The van der Waals surface area contributed by atoms with Gasteiger partial charge in [-0.3, -0.25) is 0 Å². The van der Waals surface area contributed by atoms with E-state index in [2.05, 4.69) is 4.98 Å². The molecule has 1 aromatic heterocycles. The molecule has 3 heteroatoms. The molecule has 0 N–H and O–H groups in total. The number of hydrogen-bond acceptors (Lipinski definition) is 2. The molecule has 0 amide bonds. The Morgan fingerprint density at radius 3 is 2.80 bits per heavy atom. The van der Waals surface area contributed by atoms with Crippen molar-refractivity contribution in [1.29, 1.82) is 0 Å². The largest absolute Gasteiger partial charge is 0.481 e. The van der Waals surface area contributed by atoms with E-state index in [4.69, 9.17) is 12.6 Å². The van der Waals surface area contributed by atoms with E-state index in [0.717, 1.165) is 5.56 Å². The number of aromatic nitrogens is 1. The highest BCUT2D eigenvalue weighted by Crippen LogP contribution is 2.01. The molecule has 0 aliphatic heterocycles. The lowest BCUT2D eigenvalue weighted by atomic mass is 9.93. The molecule has 0 unspecified atom stereocenters. The highest BCUT2D eigenvalue weighted by atomic mass is 16.5. The number of methoxy groups -OCH3 is 1. The maximum Gasteiger partial charge on any atom is 0.205 e. The Balaban J connectivity index is 3.14. The molecule has 10 heavy (non-hydrogen) atoms. The van der Waals surface area contributed by atoms with Gasteiger partial charge >= 0.3 is 0 Å². The van der Waals surface area contributed by atoms with E-state index in [-0.39, 0.29) is 0 Å². The third-order valence-electron chi connectivity index (χ3n) is 1.36. The maximum atomic E-state index is 5.61. The zero-order chi connectivity index (χ0) is 7.56. The van der Waals surface area contributed by atoms with Gasteiger partial charge in [-0.1, -0.05) is 5.56 Å². The van der Waals surface area contributed by atoms with Gasteiger partial charge in [0.1, 0.15) is 7.85 Å². The fraction of sp³-hybridized carbons (Fsp3) is 0.286. The van der Waals surface area contributed by atoms with Gasteiger partial charge in [0.15, 0.2) is 0 Å². The summed E-state index contributed by atoms with van der Waals surface area (Å²) >= 11 is 0. The SMILES string of the molecule is [B]c1c(C)ccnc1OC. The van der Waals surface area contributed by atoms with Gasteiger partial charge in [0.05, 0.1) is 7.11 Å². The summed E-state index contributed by atoms with van der Waals surface area (Å²) in [5.74, 6) is 0.500. The van der Waals surface area contributed by atoms with Crippen molar-refractivity contribution >= 4 is 13.3 Å². The van der Waals surface area contributed by atoms with Crippen molar-refractivity contribution < 1.29 is 4.74 Å². The van der Waals surface area contributed by atoms with Crippen molar-refractivity contribution in [3.63, 3.8) is 0 Å². The highest BCUT2D eigenvalue weighted by Gasteiger charge is 1.98. The minimum absolute atomic E-state index is 0.500. The minimum Gasteiger partial charge on any atom is -0.481 e. The standard InChI is InChI=1S/C7H8BNO/c1-5-3-4-9-7(10-2)6(5)8/h3-4H,1-2H3. The fourth-order valence-corrected chi connectivity index (χ4v) is 0.707. The van der Waals surface area contributed by atoms with E-state index in [9.17, 15) is 0 Å². The minimum atomic E-state index is 0.500. The second-order valence-corrected chi connectivity index (χ2v) is 2.05. The van der Waals surface area contributed by atoms with Crippen LogP contribution in [-0.2, 0) is 0 Å². The first-order valence-electron chi connectivity index (χ1n) is 3.00. The predicted molar refractivity (Wildman–Crippen MR) is 40.9 cm³/mol. The van der Waals surface area contributed by atoms with Crippen LogP contribution in [0.15, 0.2) is 12.3 Å². The van der Waals surface area contributed by atoms with Crippen LogP contribution in [0.5, 0.6) is 5.88 Å². The van der Waals surface area contributed by atoms with E-state index < -0.39 is 0 Å². The van der Waals surface area contributed by atoms with Crippen molar-refractivity contribution in [2.75, 3.05) is 7.11 Å². The van der Waals surface area contributed by atoms with Crippen LogP contribution in [0.4, 0.5) is 0 Å². The number of hydrogen-bond donors (Lipinski definition) is 0. The van der Waals surface area contributed by atoms with Crippen LogP contribution in [0.1, 0.15) is 5.56 Å². The Labute approximate surface area is 61.6 Å². The average Bonchev–Trinajstić information content (AvgIpc) is 1.95. The Kier molecular flexibility index (Phi) is 1.95. The van der Waals surface area contributed by atoms with Gasteiger partial charge in [0, 0.05) is 6.20 Å². The number of pyridine rings is 1. The van der Waals surface area contributed by atoms with Gasteiger partial charge in [-0.05, 0) is 18.5 Å². The molecule has 1 aromatic rings. The highest BCUT2D eigenvalue weighted by molar-refractivity contribution is 6.34. The van der Waals surface area contributed by atoms with Crippen molar-refractivity contribution in [1.82, 2.24) is 4.98 Å². The lowest BCUT2D eigenvalue weighted by molar-refractivity contribution is 0.401. The molecule has 0 aliphatic rings. The van der Waals surface area contributed by atoms with Crippen molar-refractivity contribution in [3.8, 4) is 5.88 Å². The monoisotopic (exact) mass is 133 g/mol. The smallest absolute Gasteiger partial charge is 0.205 e. The van der Waals surface area contributed by atoms with Gasteiger partial charge in [0.25, 0.3) is 0 Å². The summed E-state index contributed by atoms with van der Waals surface area (Å²) in [6.45, 7) is 1.92. The molecule has 0 saturated carbocycles. The molecular formula is C7H8BNO. The van der Waals surface area contributed by atoms with Gasteiger partial charge < -0.3 is 4.74 Å². The topological polar surface area (TPSA) is 22.1 Å². The zero-order valence-corrected chi connectivity index (χ0v) is 6.09. The van der Waals surface area contributed by atoms with Crippen LogP contribution < -0.4 is 10.2 Å². The van der Waals surface area contributed by atoms with Crippen LogP contribution in [0.2, 0.25) is 0 Å². The molecule has 0 fully saturated rings. The summed E-state index contributed by atoms with van der Waals surface area (Å²) in [7, 11) is 7.16. The normalized spacial score (nSPS) is 9.40. The molecule has 2 radical (unpaired) electrons. The zero-order valence-electron chi connectivity index (χ0n) is 6.09. The van der Waals surface area contributed by atoms with Gasteiger partial charge in [-0.15, -0.1) is 0 Å². The van der Waals surface area contributed by atoms with E-state index in [1.165, 1.54) is 0 Å². The van der Waals surface area contributed by atoms with E-state index >= 15 is 0 Å². The number of nitrogens with zero attached hydrogens (tertiary/aromatic N) is 1. The van der Waals surface area contributed by atoms with Gasteiger partial charge in [-0.2, -0.15) is 0 Å². The number of aryl methyl sites for hydroxylation is 1. The molecule has 0 spiro atoms.